The average Bonchev–Trinajstić information content (AvgIpc) is 3.29. The number of carbonyl (C=O) groups excluding carboxylic acids is 2. The highest BCUT2D eigenvalue weighted by atomic mass is 16.5. The van der Waals surface area contributed by atoms with Gasteiger partial charge in [0.2, 0.25) is 5.91 Å². The van der Waals surface area contributed by atoms with E-state index in [0.29, 0.717) is 55.2 Å². The van der Waals surface area contributed by atoms with Crippen LogP contribution in [0.2, 0.25) is 0 Å². The maximum Gasteiger partial charge on any atom is 0.256 e. The second-order valence-corrected chi connectivity index (χ2v) is 8.44. The first-order chi connectivity index (χ1) is 16.6. The largest absolute Gasteiger partial charge is 0.497 e. The number of nitrogens with one attached hydrogen (secondary N) is 1. The number of rotatable bonds is 10. The Kier molecular flexibility index (Phi) is 7.67. The van der Waals surface area contributed by atoms with Gasteiger partial charge in [0, 0.05) is 31.8 Å². The summed E-state index contributed by atoms with van der Waals surface area (Å²) in [4.78, 5) is 31.5. The first-order valence-corrected chi connectivity index (χ1v) is 11.7. The van der Waals surface area contributed by atoms with E-state index >= 15 is 0 Å². The van der Waals surface area contributed by atoms with Crippen molar-refractivity contribution in [2.75, 3.05) is 27.4 Å². The van der Waals surface area contributed by atoms with Crippen LogP contribution in [-0.4, -0.2) is 56.3 Å². The number of unbranched alkanes of at least 4 members (excludes halogenated alkanes) is 1. The number of methoxy groups -OCH3 is 2. The molecule has 2 heterocycles. The third-order valence-electron chi connectivity index (χ3n) is 6.14. The van der Waals surface area contributed by atoms with Gasteiger partial charge in [-0.05, 0) is 49.4 Å². The molecule has 1 atom stereocenters. The zero-order chi connectivity index (χ0) is 23.9. The van der Waals surface area contributed by atoms with Crippen molar-refractivity contribution in [3.8, 4) is 17.2 Å². The number of hydrogen-bond acceptors (Lipinski definition) is 6. The second kappa shape index (κ2) is 11.0. The summed E-state index contributed by atoms with van der Waals surface area (Å²) < 4.78 is 16.6. The van der Waals surface area contributed by atoms with Crippen LogP contribution in [0.1, 0.15) is 48.0 Å². The summed E-state index contributed by atoms with van der Waals surface area (Å²) in [6.07, 6.45) is 5.63. The lowest BCUT2D eigenvalue weighted by Crippen LogP contribution is -2.35. The number of benzene rings is 2. The molecular formula is C26H31N3O5. The van der Waals surface area contributed by atoms with Gasteiger partial charge in [0.15, 0.2) is 11.5 Å². The molecule has 0 aromatic heterocycles. The Morgan fingerprint density at radius 1 is 1.15 bits per heavy atom. The van der Waals surface area contributed by atoms with Crippen molar-refractivity contribution in [1.29, 1.82) is 0 Å². The Morgan fingerprint density at radius 3 is 2.85 bits per heavy atom. The molecule has 2 aromatic rings. The van der Waals surface area contributed by atoms with Crippen molar-refractivity contribution in [2.45, 2.75) is 44.7 Å². The van der Waals surface area contributed by atoms with Crippen LogP contribution in [-0.2, 0) is 11.3 Å². The van der Waals surface area contributed by atoms with Gasteiger partial charge in [0.25, 0.3) is 5.91 Å². The van der Waals surface area contributed by atoms with Crippen molar-refractivity contribution in [3.63, 3.8) is 0 Å². The smallest absolute Gasteiger partial charge is 0.256 e. The first kappa shape index (κ1) is 23.6. The van der Waals surface area contributed by atoms with Crippen molar-refractivity contribution >= 4 is 23.7 Å². The lowest BCUT2D eigenvalue weighted by molar-refractivity contribution is -0.121. The fourth-order valence-electron chi connectivity index (χ4n) is 4.26. The van der Waals surface area contributed by atoms with E-state index in [1.165, 1.54) is 0 Å². The molecular weight excluding hydrogens is 434 g/mol. The van der Waals surface area contributed by atoms with Crippen molar-refractivity contribution in [3.05, 3.63) is 47.5 Å². The summed E-state index contributed by atoms with van der Waals surface area (Å²) in [5, 5.41) is 2.93. The monoisotopic (exact) mass is 465 g/mol. The number of amides is 2. The molecule has 1 fully saturated rings. The number of ether oxygens (including phenoxy) is 3. The van der Waals surface area contributed by atoms with Crippen LogP contribution in [0.5, 0.6) is 17.2 Å². The summed E-state index contributed by atoms with van der Waals surface area (Å²) in [5.41, 5.74) is 2.14. The summed E-state index contributed by atoms with van der Waals surface area (Å²) in [6, 6.07) is 11.2. The molecule has 2 aliphatic rings. The Hall–Kier alpha value is -3.55. The lowest BCUT2D eigenvalue weighted by atomic mass is 10.1. The number of hydrogen-bond donors (Lipinski definition) is 1. The van der Waals surface area contributed by atoms with Gasteiger partial charge in [-0.1, -0.05) is 12.1 Å². The molecule has 2 amide bonds. The van der Waals surface area contributed by atoms with Crippen LogP contribution < -0.4 is 19.5 Å². The molecule has 180 valence electrons. The van der Waals surface area contributed by atoms with Crippen LogP contribution in [0.4, 0.5) is 5.69 Å². The van der Waals surface area contributed by atoms with Crippen LogP contribution in [0, 0.1) is 0 Å². The molecule has 0 unspecified atom stereocenters. The minimum atomic E-state index is -0.0141. The molecule has 0 aliphatic carbocycles. The van der Waals surface area contributed by atoms with Gasteiger partial charge in [-0.15, -0.1) is 0 Å². The Balaban J connectivity index is 1.26. The number of fused-ring (bicyclic) bond motifs is 2. The van der Waals surface area contributed by atoms with E-state index in [1.54, 1.807) is 26.4 Å². The molecule has 0 spiro atoms. The number of aliphatic imine (C=N–C) groups is 1. The molecule has 34 heavy (non-hydrogen) atoms. The van der Waals surface area contributed by atoms with Crippen molar-refractivity contribution < 1.29 is 23.8 Å². The van der Waals surface area contributed by atoms with Crippen LogP contribution in [0.3, 0.4) is 0 Å². The average molecular weight is 466 g/mol. The maximum atomic E-state index is 12.9. The Morgan fingerprint density at radius 2 is 2.03 bits per heavy atom. The fraction of sp³-hybridized carbons (Fsp3) is 0.423. The molecule has 0 saturated carbocycles. The standard InChI is InChI=1S/C26H31N3O5/c1-32-20-9-5-7-18(13-20)16-28-25(30)10-3-4-12-34-24-15-22-21(14-23(24)33-2)26(31)29-11-6-8-19(29)17-27-22/h5,7,9,13-15,17,19H,3-4,6,8,10-12,16H2,1-2H3,(H,28,30)/t19-/m0/s1. The number of carbonyl (C=O) groups is 2. The Labute approximate surface area is 199 Å². The van der Waals surface area contributed by atoms with Crippen LogP contribution in [0.15, 0.2) is 41.4 Å². The molecule has 1 N–H and O–H groups in total. The van der Waals surface area contributed by atoms with Crippen LogP contribution in [0.25, 0.3) is 0 Å². The third-order valence-corrected chi connectivity index (χ3v) is 6.14. The normalized spacial score (nSPS) is 16.5. The third kappa shape index (κ3) is 5.50. The summed E-state index contributed by atoms with van der Waals surface area (Å²) >= 11 is 0. The molecule has 2 aromatic carbocycles. The lowest BCUT2D eigenvalue weighted by Gasteiger charge is -2.20. The van der Waals surface area contributed by atoms with E-state index in [1.807, 2.05) is 35.4 Å². The predicted molar refractivity (Wildman–Crippen MR) is 129 cm³/mol. The topological polar surface area (TPSA) is 89.5 Å². The predicted octanol–water partition coefficient (Wildman–Crippen LogP) is 3.89. The van der Waals surface area contributed by atoms with Gasteiger partial charge < -0.3 is 24.4 Å². The van der Waals surface area contributed by atoms with Gasteiger partial charge in [-0.3, -0.25) is 14.6 Å². The van der Waals surface area contributed by atoms with E-state index in [-0.39, 0.29) is 17.9 Å². The molecule has 2 aliphatic heterocycles. The molecule has 8 heteroatoms. The first-order valence-electron chi connectivity index (χ1n) is 11.7. The SMILES string of the molecule is COc1cccc(CNC(=O)CCCCOc2cc3c(cc2OC)C(=O)N2CCC[C@H]2C=N3)c1. The minimum Gasteiger partial charge on any atom is -0.497 e. The van der Waals surface area contributed by atoms with Gasteiger partial charge in [-0.2, -0.15) is 0 Å². The van der Waals surface area contributed by atoms with Gasteiger partial charge in [-0.25, -0.2) is 0 Å². The molecule has 0 radical (unpaired) electrons. The van der Waals surface area contributed by atoms with Gasteiger partial charge in [0.05, 0.1) is 38.1 Å². The fourth-order valence-corrected chi connectivity index (χ4v) is 4.26. The number of nitrogens with zero attached hydrogens (tertiary/aromatic N) is 2. The van der Waals surface area contributed by atoms with Crippen LogP contribution >= 0.6 is 0 Å². The van der Waals surface area contributed by atoms with E-state index in [4.69, 9.17) is 14.2 Å². The van der Waals surface area contributed by atoms with Gasteiger partial charge in [0.1, 0.15) is 5.75 Å². The minimum absolute atomic E-state index is 0.00108. The summed E-state index contributed by atoms with van der Waals surface area (Å²) in [7, 11) is 3.18. The van der Waals surface area contributed by atoms with E-state index < -0.39 is 0 Å². The van der Waals surface area contributed by atoms with Gasteiger partial charge >= 0.3 is 0 Å². The molecule has 8 nitrogen and oxygen atoms in total. The van der Waals surface area contributed by atoms with E-state index in [2.05, 4.69) is 10.3 Å². The van der Waals surface area contributed by atoms with Crippen molar-refractivity contribution in [2.24, 2.45) is 4.99 Å². The quantitative estimate of drug-likeness (QED) is 0.538. The van der Waals surface area contributed by atoms with E-state index in [0.717, 1.165) is 30.7 Å². The highest BCUT2D eigenvalue weighted by Gasteiger charge is 2.32. The molecule has 4 rings (SSSR count). The van der Waals surface area contributed by atoms with E-state index in [9.17, 15) is 9.59 Å². The summed E-state index contributed by atoms with van der Waals surface area (Å²) in [5.74, 6) is 1.82. The zero-order valence-corrected chi connectivity index (χ0v) is 19.7. The molecule has 1 saturated heterocycles. The summed E-state index contributed by atoms with van der Waals surface area (Å²) in [6.45, 7) is 1.66. The second-order valence-electron chi connectivity index (χ2n) is 8.44. The van der Waals surface area contributed by atoms with Crippen molar-refractivity contribution in [1.82, 2.24) is 10.2 Å². The Bertz CT molecular complexity index is 1070. The maximum absolute atomic E-state index is 12.9. The zero-order valence-electron chi connectivity index (χ0n) is 19.7. The highest BCUT2D eigenvalue weighted by Crippen LogP contribution is 2.38. The highest BCUT2D eigenvalue weighted by molar-refractivity contribution is 6.03. The molecule has 0 bridgehead atoms.